The van der Waals surface area contributed by atoms with Gasteiger partial charge >= 0.3 is 0 Å². The van der Waals surface area contributed by atoms with E-state index in [1.807, 2.05) is 13.2 Å². The highest BCUT2D eigenvalue weighted by atomic mass is 15.3. The fraction of sp³-hybridized carbons (Fsp3) is 0.692. The van der Waals surface area contributed by atoms with Crippen molar-refractivity contribution in [1.82, 2.24) is 14.9 Å². The molecule has 0 amide bonds. The Morgan fingerprint density at radius 2 is 2.11 bits per heavy atom. The molecule has 1 aliphatic rings. The molecule has 5 nitrogen and oxygen atoms in total. The van der Waals surface area contributed by atoms with Crippen molar-refractivity contribution in [3.63, 3.8) is 0 Å². The number of nitrogens with zero attached hydrogens (tertiary/aromatic N) is 4. The van der Waals surface area contributed by atoms with Crippen LogP contribution in [0.15, 0.2) is 6.20 Å². The summed E-state index contributed by atoms with van der Waals surface area (Å²) in [4.78, 5) is 13.5. The number of likely N-dealkylation sites (N-methyl/N-ethyl adjacent to an activating group) is 1. The van der Waals surface area contributed by atoms with E-state index in [0.29, 0.717) is 17.9 Å². The first kappa shape index (κ1) is 13.1. The average Bonchev–Trinajstić information content (AvgIpc) is 2.72. The highest BCUT2D eigenvalue weighted by Gasteiger charge is 2.32. The first-order valence-electron chi connectivity index (χ1n) is 6.45. The van der Waals surface area contributed by atoms with Crippen LogP contribution in [-0.2, 0) is 0 Å². The second-order valence-corrected chi connectivity index (χ2v) is 5.36. The van der Waals surface area contributed by atoms with E-state index in [9.17, 15) is 0 Å². The summed E-state index contributed by atoms with van der Waals surface area (Å²) < 4.78 is 0. The molecule has 0 saturated carbocycles. The van der Waals surface area contributed by atoms with Crippen LogP contribution < -0.4 is 10.2 Å². The SMILES string of the molecule is CNc1ncc(C)c(N2CC(C)C(N(C)C)C2)n1. The van der Waals surface area contributed by atoms with E-state index in [1.165, 1.54) is 0 Å². The van der Waals surface area contributed by atoms with E-state index in [-0.39, 0.29) is 0 Å². The number of nitrogens with one attached hydrogen (secondary N) is 1. The standard InChI is InChI=1S/C13H23N5/c1-9-6-15-13(14-3)16-12(9)18-7-10(2)11(8-18)17(4)5/h6,10-11H,7-8H2,1-5H3,(H,14,15,16). The molecular weight excluding hydrogens is 226 g/mol. The van der Waals surface area contributed by atoms with E-state index < -0.39 is 0 Å². The molecule has 2 heterocycles. The predicted octanol–water partition coefficient (Wildman–Crippen LogP) is 1.21. The van der Waals surface area contributed by atoms with Crippen LogP contribution in [0, 0.1) is 12.8 Å². The van der Waals surface area contributed by atoms with Gasteiger partial charge < -0.3 is 15.1 Å². The van der Waals surface area contributed by atoms with Crippen LogP contribution in [0.1, 0.15) is 12.5 Å². The third-order valence-electron chi connectivity index (χ3n) is 3.70. The van der Waals surface area contributed by atoms with E-state index in [4.69, 9.17) is 0 Å². The fourth-order valence-electron chi connectivity index (χ4n) is 2.67. The molecule has 1 aromatic rings. The lowest BCUT2D eigenvalue weighted by atomic mass is 10.1. The predicted molar refractivity (Wildman–Crippen MR) is 75.2 cm³/mol. The normalized spacial score (nSPS) is 23.8. The molecule has 0 spiro atoms. The summed E-state index contributed by atoms with van der Waals surface area (Å²) in [6.45, 7) is 6.47. The Labute approximate surface area is 109 Å². The highest BCUT2D eigenvalue weighted by molar-refractivity contribution is 5.50. The zero-order valence-electron chi connectivity index (χ0n) is 11.9. The fourth-order valence-corrected chi connectivity index (χ4v) is 2.67. The largest absolute Gasteiger partial charge is 0.357 e. The van der Waals surface area contributed by atoms with Gasteiger partial charge in [-0.05, 0) is 26.9 Å². The van der Waals surface area contributed by atoms with Crippen molar-refractivity contribution in [2.24, 2.45) is 5.92 Å². The Kier molecular flexibility index (Phi) is 3.71. The molecule has 2 atom stereocenters. The smallest absolute Gasteiger partial charge is 0.224 e. The Morgan fingerprint density at radius 3 is 2.67 bits per heavy atom. The molecule has 5 heteroatoms. The summed E-state index contributed by atoms with van der Waals surface area (Å²) in [7, 11) is 6.15. The van der Waals surface area contributed by atoms with Gasteiger partial charge in [0.05, 0.1) is 0 Å². The lowest BCUT2D eigenvalue weighted by molar-refractivity contribution is 0.266. The maximum Gasteiger partial charge on any atom is 0.224 e. The van der Waals surface area contributed by atoms with Gasteiger partial charge in [0, 0.05) is 37.9 Å². The van der Waals surface area contributed by atoms with Gasteiger partial charge in [0.25, 0.3) is 0 Å². The topological polar surface area (TPSA) is 44.3 Å². The van der Waals surface area contributed by atoms with Crippen molar-refractivity contribution >= 4 is 11.8 Å². The number of aryl methyl sites for hydroxylation is 1. The zero-order chi connectivity index (χ0) is 13.3. The van der Waals surface area contributed by atoms with Crippen LogP contribution in [0.2, 0.25) is 0 Å². The molecule has 2 rings (SSSR count). The number of rotatable bonds is 3. The first-order valence-corrected chi connectivity index (χ1v) is 6.45. The molecular formula is C13H23N5. The van der Waals surface area contributed by atoms with Gasteiger partial charge in [0.1, 0.15) is 5.82 Å². The van der Waals surface area contributed by atoms with Crippen LogP contribution in [0.25, 0.3) is 0 Å². The minimum absolute atomic E-state index is 0.595. The van der Waals surface area contributed by atoms with Crippen molar-refractivity contribution in [2.75, 3.05) is 44.4 Å². The second kappa shape index (κ2) is 5.10. The molecule has 1 saturated heterocycles. The Morgan fingerprint density at radius 1 is 1.39 bits per heavy atom. The summed E-state index contributed by atoms with van der Waals surface area (Å²) >= 11 is 0. The van der Waals surface area contributed by atoms with Crippen LogP contribution in [0.5, 0.6) is 0 Å². The molecule has 0 radical (unpaired) electrons. The maximum absolute atomic E-state index is 4.59. The van der Waals surface area contributed by atoms with E-state index in [2.05, 4.69) is 53.0 Å². The summed E-state index contributed by atoms with van der Waals surface area (Å²) in [6, 6.07) is 0.595. The van der Waals surface area contributed by atoms with Gasteiger partial charge in [-0.25, -0.2) is 4.98 Å². The number of aromatic nitrogens is 2. The molecule has 0 aliphatic carbocycles. The minimum atomic E-state index is 0.595. The number of hydrogen-bond donors (Lipinski definition) is 1. The van der Waals surface area contributed by atoms with Crippen LogP contribution in [0.3, 0.4) is 0 Å². The Hall–Kier alpha value is -1.36. The summed E-state index contributed by atoms with van der Waals surface area (Å²) in [5, 5.41) is 3.00. The third kappa shape index (κ3) is 2.41. The van der Waals surface area contributed by atoms with Crippen molar-refractivity contribution in [2.45, 2.75) is 19.9 Å². The van der Waals surface area contributed by atoms with Crippen molar-refractivity contribution in [1.29, 1.82) is 0 Å². The van der Waals surface area contributed by atoms with Crippen molar-refractivity contribution in [3.05, 3.63) is 11.8 Å². The van der Waals surface area contributed by atoms with E-state index >= 15 is 0 Å². The van der Waals surface area contributed by atoms with E-state index in [1.54, 1.807) is 0 Å². The number of anilines is 2. The Balaban J connectivity index is 2.23. The van der Waals surface area contributed by atoms with Crippen molar-refractivity contribution in [3.8, 4) is 0 Å². The van der Waals surface area contributed by atoms with Crippen LogP contribution in [0.4, 0.5) is 11.8 Å². The molecule has 1 fully saturated rings. The summed E-state index contributed by atoms with van der Waals surface area (Å²) in [6.07, 6.45) is 1.89. The van der Waals surface area contributed by atoms with Gasteiger partial charge in [0.15, 0.2) is 0 Å². The number of hydrogen-bond acceptors (Lipinski definition) is 5. The van der Waals surface area contributed by atoms with Gasteiger partial charge in [-0.2, -0.15) is 4.98 Å². The molecule has 1 aliphatic heterocycles. The van der Waals surface area contributed by atoms with Gasteiger partial charge in [-0.15, -0.1) is 0 Å². The molecule has 1 N–H and O–H groups in total. The van der Waals surface area contributed by atoms with Gasteiger partial charge in [-0.1, -0.05) is 6.92 Å². The van der Waals surface area contributed by atoms with Crippen molar-refractivity contribution < 1.29 is 0 Å². The van der Waals surface area contributed by atoms with Crippen LogP contribution in [-0.4, -0.2) is 55.1 Å². The lowest BCUT2D eigenvalue weighted by Crippen LogP contribution is -2.34. The second-order valence-electron chi connectivity index (χ2n) is 5.36. The molecule has 0 bridgehead atoms. The molecule has 18 heavy (non-hydrogen) atoms. The minimum Gasteiger partial charge on any atom is -0.357 e. The van der Waals surface area contributed by atoms with Gasteiger partial charge in [0.2, 0.25) is 5.95 Å². The van der Waals surface area contributed by atoms with Crippen LogP contribution >= 0.6 is 0 Å². The maximum atomic E-state index is 4.59. The average molecular weight is 249 g/mol. The Bertz CT molecular complexity index is 418. The molecule has 0 aromatic carbocycles. The molecule has 100 valence electrons. The zero-order valence-corrected chi connectivity index (χ0v) is 11.9. The first-order chi connectivity index (χ1) is 8.52. The quantitative estimate of drug-likeness (QED) is 0.872. The lowest BCUT2D eigenvalue weighted by Gasteiger charge is -2.23. The van der Waals surface area contributed by atoms with Gasteiger partial charge in [-0.3, -0.25) is 0 Å². The monoisotopic (exact) mass is 249 g/mol. The summed E-state index contributed by atoms with van der Waals surface area (Å²) in [5.41, 5.74) is 1.14. The third-order valence-corrected chi connectivity index (χ3v) is 3.70. The van der Waals surface area contributed by atoms with E-state index in [0.717, 1.165) is 24.5 Å². The molecule has 2 unspecified atom stereocenters. The molecule has 1 aromatic heterocycles. The summed E-state index contributed by atoms with van der Waals surface area (Å²) in [5.74, 6) is 2.41. The highest BCUT2D eigenvalue weighted by Crippen LogP contribution is 2.27.